The van der Waals surface area contributed by atoms with Crippen LogP contribution in [0.15, 0.2) is 24.3 Å². The van der Waals surface area contributed by atoms with Crippen LogP contribution in [0.5, 0.6) is 0 Å². The van der Waals surface area contributed by atoms with Gasteiger partial charge in [-0.05, 0) is 32.4 Å². The first kappa shape index (κ1) is 20.3. The van der Waals surface area contributed by atoms with Crippen molar-refractivity contribution in [1.82, 2.24) is 4.57 Å². The number of carbonyl (C=O) groups is 2. The molecule has 0 atom stereocenters. The van der Waals surface area contributed by atoms with Gasteiger partial charge in [-0.1, -0.05) is 12.1 Å². The molecule has 8 heteroatoms. The molecule has 0 aliphatic carbocycles. The fourth-order valence-electron chi connectivity index (χ4n) is 2.96. The van der Waals surface area contributed by atoms with Gasteiger partial charge in [0, 0.05) is 36.7 Å². The Morgan fingerprint density at radius 2 is 1.93 bits per heavy atom. The van der Waals surface area contributed by atoms with Crippen LogP contribution in [0.3, 0.4) is 0 Å². The van der Waals surface area contributed by atoms with Crippen molar-refractivity contribution in [1.29, 1.82) is 0 Å². The summed E-state index contributed by atoms with van der Waals surface area (Å²) in [7, 11) is 1.60. The Morgan fingerprint density at radius 3 is 2.56 bits per heavy atom. The standard InChI is InChI=1S/C19H22N2O6/c1-12-6-5-7-16(21(24)25)18(12)19(23)27-11-17(22)15-10-13(2)20(14(15)3)8-9-26-4/h5-7,10H,8-9,11H2,1-4H3. The number of benzene rings is 1. The molecular weight excluding hydrogens is 352 g/mol. The number of ketones is 1. The summed E-state index contributed by atoms with van der Waals surface area (Å²) in [5.74, 6) is -1.25. The number of aryl methyl sites for hydroxylation is 2. The molecule has 0 N–H and O–H groups in total. The highest BCUT2D eigenvalue weighted by molar-refractivity contribution is 6.01. The van der Waals surface area contributed by atoms with Gasteiger partial charge in [0.1, 0.15) is 5.56 Å². The van der Waals surface area contributed by atoms with E-state index < -0.39 is 17.5 Å². The Labute approximate surface area is 156 Å². The van der Waals surface area contributed by atoms with Crippen LogP contribution in [0, 0.1) is 30.9 Å². The van der Waals surface area contributed by atoms with Crippen LogP contribution in [0.25, 0.3) is 0 Å². The summed E-state index contributed by atoms with van der Waals surface area (Å²) in [5.41, 5.74) is 2.04. The molecule has 0 amide bonds. The Bertz CT molecular complexity index is 885. The number of methoxy groups -OCH3 is 1. The van der Waals surface area contributed by atoms with E-state index in [0.717, 1.165) is 11.4 Å². The third-order valence-electron chi connectivity index (χ3n) is 4.38. The van der Waals surface area contributed by atoms with Crippen molar-refractivity contribution in [3.8, 4) is 0 Å². The second-order valence-corrected chi connectivity index (χ2v) is 6.15. The zero-order chi connectivity index (χ0) is 20.1. The summed E-state index contributed by atoms with van der Waals surface area (Å²) < 4.78 is 12.1. The van der Waals surface area contributed by atoms with Gasteiger partial charge in [0.25, 0.3) is 5.69 Å². The molecular formula is C19H22N2O6. The first-order valence-corrected chi connectivity index (χ1v) is 8.38. The number of esters is 1. The van der Waals surface area contributed by atoms with Crippen LogP contribution in [0.4, 0.5) is 5.69 Å². The molecule has 0 fully saturated rings. The van der Waals surface area contributed by atoms with Crippen LogP contribution >= 0.6 is 0 Å². The lowest BCUT2D eigenvalue weighted by molar-refractivity contribution is -0.385. The summed E-state index contributed by atoms with van der Waals surface area (Å²) in [4.78, 5) is 35.3. The Hall–Kier alpha value is -3.00. The lowest BCUT2D eigenvalue weighted by Gasteiger charge is -2.09. The smallest absolute Gasteiger partial charge is 0.345 e. The number of nitrogens with zero attached hydrogens (tertiary/aromatic N) is 2. The summed E-state index contributed by atoms with van der Waals surface area (Å²) in [6.07, 6.45) is 0. The van der Waals surface area contributed by atoms with Gasteiger partial charge in [-0.15, -0.1) is 0 Å². The molecule has 1 aromatic carbocycles. The Kier molecular flexibility index (Phi) is 6.46. The minimum Gasteiger partial charge on any atom is -0.453 e. The number of ether oxygens (including phenoxy) is 2. The van der Waals surface area contributed by atoms with Gasteiger partial charge in [-0.2, -0.15) is 0 Å². The third kappa shape index (κ3) is 4.40. The van der Waals surface area contributed by atoms with Gasteiger partial charge in [0.2, 0.25) is 5.78 Å². The second-order valence-electron chi connectivity index (χ2n) is 6.15. The minimum atomic E-state index is -0.888. The average molecular weight is 374 g/mol. The van der Waals surface area contributed by atoms with Crippen LogP contribution in [0.2, 0.25) is 0 Å². The maximum atomic E-state index is 12.5. The van der Waals surface area contributed by atoms with E-state index in [9.17, 15) is 19.7 Å². The van der Waals surface area contributed by atoms with Gasteiger partial charge < -0.3 is 14.0 Å². The predicted molar refractivity (Wildman–Crippen MR) is 98.2 cm³/mol. The Balaban J connectivity index is 2.15. The highest BCUT2D eigenvalue weighted by Crippen LogP contribution is 2.23. The first-order valence-electron chi connectivity index (χ1n) is 8.38. The van der Waals surface area contributed by atoms with E-state index in [4.69, 9.17) is 9.47 Å². The topological polar surface area (TPSA) is 101 Å². The van der Waals surface area contributed by atoms with E-state index in [-0.39, 0.29) is 17.0 Å². The largest absolute Gasteiger partial charge is 0.453 e. The predicted octanol–water partition coefficient (Wildman–Crippen LogP) is 3.01. The maximum absolute atomic E-state index is 12.5. The van der Waals surface area contributed by atoms with E-state index in [1.807, 2.05) is 18.4 Å². The number of hydrogen-bond donors (Lipinski definition) is 0. The average Bonchev–Trinajstić information content (AvgIpc) is 2.91. The third-order valence-corrected chi connectivity index (χ3v) is 4.38. The van der Waals surface area contributed by atoms with Crippen molar-refractivity contribution in [2.24, 2.45) is 0 Å². The molecule has 27 heavy (non-hydrogen) atoms. The number of nitro groups is 1. The summed E-state index contributed by atoms with van der Waals surface area (Å²) in [6.45, 7) is 5.90. The molecule has 0 unspecified atom stereocenters. The van der Waals surface area contributed by atoms with Crippen molar-refractivity contribution >= 4 is 17.4 Å². The fraction of sp³-hybridized carbons (Fsp3) is 0.368. The molecule has 1 heterocycles. The zero-order valence-electron chi connectivity index (χ0n) is 15.8. The molecule has 0 spiro atoms. The number of Topliss-reactive ketones (excluding diaryl/α,β-unsaturated/α-hetero) is 1. The van der Waals surface area contributed by atoms with Crippen molar-refractivity contribution in [2.45, 2.75) is 27.3 Å². The molecule has 144 valence electrons. The first-order chi connectivity index (χ1) is 12.8. The lowest BCUT2D eigenvalue weighted by atomic mass is 10.1. The molecule has 0 bridgehead atoms. The van der Waals surface area contributed by atoms with E-state index >= 15 is 0 Å². The lowest BCUT2D eigenvalue weighted by Crippen LogP contribution is -2.17. The number of nitro benzene ring substituents is 1. The molecule has 0 saturated carbocycles. The van der Waals surface area contributed by atoms with Crippen molar-refractivity contribution < 1.29 is 24.0 Å². The van der Waals surface area contributed by atoms with E-state index in [2.05, 4.69) is 0 Å². The van der Waals surface area contributed by atoms with Gasteiger partial charge in [-0.3, -0.25) is 14.9 Å². The SMILES string of the molecule is COCCn1c(C)cc(C(=O)COC(=O)c2c(C)cccc2[N+](=O)[O-])c1C. The van der Waals surface area contributed by atoms with Crippen LogP contribution in [-0.4, -0.2) is 41.6 Å². The monoisotopic (exact) mass is 374 g/mol. The quantitative estimate of drug-likeness (QED) is 0.305. The summed E-state index contributed by atoms with van der Waals surface area (Å²) in [6, 6.07) is 6.03. The van der Waals surface area contributed by atoms with E-state index in [1.165, 1.54) is 12.1 Å². The fourth-order valence-corrected chi connectivity index (χ4v) is 2.96. The van der Waals surface area contributed by atoms with Crippen molar-refractivity contribution in [3.05, 3.63) is 62.5 Å². The number of rotatable bonds is 8. The second kappa shape index (κ2) is 8.59. The zero-order valence-corrected chi connectivity index (χ0v) is 15.8. The van der Waals surface area contributed by atoms with Crippen LogP contribution in [-0.2, 0) is 16.0 Å². The maximum Gasteiger partial charge on any atom is 0.345 e. The van der Waals surface area contributed by atoms with E-state index in [1.54, 1.807) is 26.2 Å². The highest BCUT2D eigenvalue weighted by atomic mass is 16.6. The molecule has 0 aliphatic rings. The number of hydrogen-bond acceptors (Lipinski definition) is 6. The number of carbonyl (C=O) groups excluding carboxylic acids is 2. The van der Waals surface area contributed by atoms with Crippen LogP contribution in [0.1, 0.15) is 37.7 Å². The molecule has 0 saturated heterocycles. The molecule has 8 nitrogen and oxygen atoms in total. The van der Waals surface area contributed by atoms with Gasteiger partial charge in [0.15, 0.2) is 6.61 Å². The van der Waals surface area contributed by atoms with E-state index in [0.29, 0.717) is 24.3 Å². The molecule has 2 aromatic rings. The molecule has 2 rings (SSSR count). The number of aromatic nitrogens is 1. The Morgan fingerprint density at radius 1 is 1.22 bits per heavy atom. The van der Waals surface area contributed by atoms with Gasteiger partial charge >= 0.3 is 5.97 Å². The molecule has 1 aromatic heterocycles. The summed E-state index contributed by atoms with van der Waals surface area (Å²) in [5, 5.41) is 11.1. The minimum absolute atomic E-state index is 0.138. The molecule has 0 radical (unpaired) electrons. The van der Waals surface area contributed by atoms with Gasteiger partial charge in [-0.25, -0.2) is 4.79 Å². The molecule has 0 aliphatic heterocycles. The normalized spacial score (nSPS) is 10.7. The summed E-state index contributed by atoms with van der Waals surface area (Å²) >= 11 is 0. The van der Waals surface area contributed by atoms with Crippen LogP contribution < -0.4 is 0 Å². The van der Waals surface area contributed by atoms with Crippen molar-refractivity contribution in [3.63, 3.8) is 0 Å². The highest BCUT2D eigenvalue weighted by Gasteiger charge is 2.25. The van der Waals surface area contributed by atoms with Crippen molar-refractivity contribution in [2.75, 3.05) is 20.3 Å². The van der Waals surface area contributed by atoms with Gasteiger partial charge in [0.05, 0.1) is 11.5 Å².